The smallest absolute Gasteiger partial charge is 0.725 e. The summed E-state index contributed by atoms with van der Waals surface area (Å²) in [6.45, 7) is 2.01. The summed E-state index contributed by atoms with van der Waals surface area (Å²) in [6, 6.07) is 0. The molecule has 14 heavy (non-hydrogen) atoms. The molecule has 0 radical (unpaired) electrons. The molecule has 0 aromatic rings. The van der Waals surface area contributed by atoms with E-state index in [0.717, 1.165) is 19.3 Å². The van der Waals surface area contributed by atoms with Crippen molar-refractivity contribution in [1.82, 2.24) is 0 Å². The van der Waals surface area contributed by atoms with Crippen molar-refractivity contribution in [3.05, 3.63) is 0 Å². The second-order valence-corrected chi connectivity index (χ2v) is 3.66. The van der Waals surface area contributed by atoms with E-state index < -0.39 is 16.5 Å². The van der Waals surface area contributed by atoms with Crippen molar-refractivity contribution in [2.45, 2.75) is 38.7 Å². The third-order valence-corrected chi connectivity index (χ3v) is 1.96. The van der Waals surface area contributed by atoms with Crippen LogP contribution in [0.15, 0.2) is 0 Å². The van der Waals surface area contributed by atoms with E-state index in [0.29, 0.717) is 6.42 Å². The molecule has 1 atom stereocenters. The zero-order chi connectivity index (χ0) is 10.3. The fourth-order valence-electron chi connectivity index (χ4n) is 0.881. The molecule has 0 spiro atoms. The predicted octanol–water partition coefficient (Wildman–Crippen LogP) is -1.95. The Bertz CT molecular complexity index is 268. The van der Waals surface area contributed by atoms with Gasteiger partial charge in [-0.1, -0.05) is 25.7 Å². The fraction of sp³-hybridized carbons (Fsp3) is 0.750. The van der Waals surface area contributed by atoms with Gasteiger partial charge in [-0.05, 0) is 12.8 Å². The summed E-state index contributed by atoms with van der Waals surface area (Å²) < 4.78 is 34.6. The summed E-state index contributed by atoms with van der Waals surface area (Å²) in [5.41, 5.74) is 0. The first-order chi connectivity index (χ1) is 5.99. The van der Waals surface area contributed by atoms with Gasteiger partial charge in [-0.3, -0.25) is 4.18 Å². The van der Waals surface area contributed by atoms with E-state index in [4.69, 9.17) is 6.42 Å². The number of terminal acetylenes is 1. The minimum Gasteiger partial charge on any atom is -0.725 e. The van der Waals surface area contributed by atoms with Gasteiger partial charge in [0.15, 0.2) is 0 Å². The number of unbranched alkanes of at least 4 members (excludes halogenated alkanes) is 2. The van der Waals surface area contributed by atoms with Gasteiger partial charge in [0.1, 0.15) is 6.10 Å². The van der Waals surface area contributed by atoms with Crippen LogP contribution in [0.5, 0.6) is 0 Å². The fourth-order valence-corrected chi connectivity index (χ4v) is 1.32. The number of rotatable bonds is 6. The first-order valence-corrected chi connectivity index (χ1v) is 5.43. The van der Waals surface area contributed by atoms with Crippen LogP contribution < -0.4 is 29.6 Å². The van der Waals surface area contributed by atoms with Crippen LogP contribution in [0.2, 0.25) is 0 Å². The van der Waals surface area contributed by atoms with Gasteiger partial charge in [0.25, 0.3) is 0 Å². The standard InChI is InChI=1S/C8H14O4S.Na/c1-3-5-6-7-8(4-2)12-13(9,10)11;/h2,8H,3,5-7H2,1H3,(H,9,10,11);/q;+1/p-1/t8-;/m1./s1. The third-order valence-electron chi connectivity index (χ3n) is 1.49. The molecule has 0 aromatic heterocycles. The molecule has 0 heterocycles. The summed E-state index contributed by atoms with van der Waals surface area (Å²) in [5, 5.41) is 0. The predicted molar refractivity (Wildman–Crippen MR) is 47.5 cm³/mol. The maximum atomic E-state index is 10.2. The first-order valence-electron chi connectivity index (χ1n) is 4.10. The molecule has 76 valence electrons. The van der Waals surface area contributed by atoms with Crippen LogP contribution in [0.1, 0.15) is 32.6 Å². The Kier molecular flexibility index (Phi) is 10.5. The molecule has 6 heteroatoms. The molecular formula is C8H13NaO4S. The molecule has 0 rings (SSSR count). The molecule has 0 aliphatic rings. The maximum absolute atomic E-state index is 10.2. The molecule has 0 aromatic carbocycles. The quantitative estimate of drug-likeness (QED) is 0.174. The minimum atomic E-state index is -4.67. The topological polar surface area (TPSA) is 66.4 Å². The van der Waals surface area contributed by atoms with Crippen molar-refractivity contribution in [3.63, 3.8) is 0 Å². The molecule has 0 aliphatic carbocycles. The molecule has 0 saturated carbocycles. The summed E-state index contributed by atoms with van der Waals surface area (Å²) >= 11 is 0. The minimum absolute atomic E-state index is 0. The Morgan fingerprint density at radius 1 is 1.50 bits per heavy atom. The summed E-state index contributed by atoms with van der Waals surface area (Å²) in [7, 11) is -4.67. The van der Waals surface area contributed by atoms with Crippen LogP contribution in [0.3, 0.4) is 0 Å². The van der Waals surface area contributed by atoms with Crippen LogP contribution in [0, 0.1) is 12.3 Å². The van der Waals surface area contributed by atoms with E-state index in [1.165, 1.54) is 0 Å². The second-order valence-electron chi connectivity index (χ2n) is 2.66. The normalized spacial score (nSPS) is 12.6. The number of hydrogen-bond donors (Lipinski definition) is 0. The van der Waals surface area contributed by atoms with E-state index >= 15 is 0 Å². The summed E-state index contributed by atoms with van der Waals surface area (Å²) in [5.74, 6) is 2.12. The van der Waals surface area contributed by atoms with Crippen molar-refractivity contribution in [2.24, 2.45) is 0 Å². The van der Waals surface area contributed by atoms with Crippen molar-refractivity contribution in [3.8, 4) is 12.3 Å². The molecule has 0 bridgehead atoms. The molecular weight excluding hydrogens is 215 g/mol. The van der Waals surface area contributed by atoms with Crippen LogP contribution in [0.25, 0.3) is 0 Å². The Morgan fingerprint density at radius 2 is 2.07 bits per heavy atom. The van der Waals surface area contributed by atoms with E-state index in [2.05, 4.69) is 10.1 Å². The Labute approximate surface area is 108 Å². The van der Waals surface area contributed by atoms with Gasteiger partial charge in [0.2, 0.25) is 10.4 Å². The molecule has 0 unspecified atom stereocenters. The van der Waals surface area contributed by atoms with Crippen LogP contribution in [0.4, 0.5) is 0 Å². The largest absolute Gasteiger partial charge is 1.00 e. The molecule has 0 aliphatic heterocycles. The van der Waals surface area contributed by atoms with Gasteiger partial charge in [0.05, 0.1) is 0 Å². The summed E-state index contributed by atoms with van der Waals surface area (Å²) in [4.78, 5) is 0. The van der Waals surface area contributed by atoms with Gasteiger partial charge in [-0.25, -0.2) is 8.42 Å². The van der Waals surface area contributed by atoms with Gasteiger partial charge >= 0.3 is 29.6 Å². The third kappa shape index (κ3) is 10.5. The van der Waals surface area contributed by atoms with Crippen molar-refractivity contribution < 1.29 is 46.7 Å². The van der Waals surface area contributed by atoms with E-state index in [-0.39, 0.29) is 29.6 Å². The van der Waals surface area contributed by atoms with Crippen LogP contribution in [-0.4, -0.2) is 19.1 Å². The molecule has 0 saturated heterocycles. The average molecular weight is 228 g/mol. The van der Waals surface area contributed by atoms with Crippen molar-refractivity contribution in [2.75, 3.05) is 0 Å². The molecule has 4 nitrogen and oxygen atoms in total. The molecule has 0 N–H and O–H groups in total. The molecule has 0 fully saturated rings. The summed E-state index contributed by atoms with van der Waals surface area (Å²) in [6.07, 6.45) is 7.20. The van der Waals surface area contributed by atoms with E-state index in [1.54, 1.807) is 0 Å². The second kappa shape index (κ2) is 8.72. The van der Waals surface area contributed by atoms with Gasteiger partial charge in [0, 0.05) is 0 Å². The average Bonchev–Trinajstić information content (AvgIpc) is 2.01. The van der Waals surface area contributed by atoms with Crippen molar-refractivity contribution in [1.29, 1.82) is 0 Å². The Morgan fingerprint density at radius 3 is 2.43 bits per heavy atom. The van der Waals surface area contributed by atoms with E-state index in [1.807, 2.05) is 6.92 Å². The van der Waals surface area contributed by atoms with Gasteiger partial charge in [-0.2, -0.15) is 0 Å². The SMILES string of the molecule is C#C[C@H](CCCCC)OS(=O)(=O)[O-].[Na+]. The van der Waals surface area contributed by atoms with Gasteiger partial charge in [-0.15, -0.1) is 6.42 Å². The Hall–Kier alpha value is 0.430. The van der Waals surface area contributed by atoms with Crippen LogP contribution in [-0.2, 0) is 14.6 Å². The maximum Gasteiger partial charge on any atom is 1.00 e. The number of hydrogen-bond acceptors (Lipinski definition) is 4. The molecule has 0 amide bonds. The van der Waals surface area contributed by atoms with Gasteiger partial charge < -0.3 is 4.55 Å². The van der Waals surface area contributed by atoms with Crippen molar-refractivity contribution >= 4 is 10.4 Å². The zero-order valence-electron chi connectivity index (χ0n) is 8.52. The van der Waals surface area contributed by atoms with Crippen LogP contribution >= 0.6 is 0 Å². The monoisotopic (exact) mass is 228 g/mol. The zero-order valence-corrected chi connectivity index (χ0v) is 11.3. The Balaban J connectivity index is 0. The first kappa shape index (κ1) is 16.8. The van der Waals surface area contributed by atoms with E-state index in [9.17, 15) is 13.0 Å².